The Balaban J connectivity index is 1.46. The minimum absolute atomic E-state index is 0.153. The lowest BCUT2D eigenvalue weighted by Gasteiger charge is -2.27. The largest absolute Gasteiger partial charge is 0.344 e. The van der Waals surface area contributed by atoms with Crippen molar-refractivity contribution in [1.29, 1.82) is 0 Å². The molecule has 2 aliphatic heterocycles. The average Bonchev–Trinajstić information content (AvgIpc) is 3.11. The first-order valence-corrected chi connectivity index (χ1v) is 11.5. The van der Waals surface area contributed by atoms with E-state index < -0.39 is 23.4 Å². The van der Waals surface area contributed by atoms with Crippen LogP contribution in [0.2, 0.25) is 0 Å². The molecule has 0 unspecified atom stereocenters. The molecule has 0 bridgehead atoms. The molecule has 3 N–H and O–H groups in total. The van der Waals surface area contributed by atoms with Gasteiger partial charge in [-0.25, -0.2) is 4.79 Å². The van der Waals surface area contributed by atoms with Crippen molar-refractivity contribution in [2.75, 3.05) is 5.32 Å². The quantitative estimate of drug-likeness (QED) is 0.505. The Morgan fingerprint density at radius 3 is 2.18 bits per heavy atom. The number of thioether (sulfide) groups is 1. The lowest BCUT2D eigenvalue weighted by atomic mass is 9.83. The predicted octanol–water partition coefficient (Wildman–Crippen LogP) is 3.26. The summed E-state index contributed by atoms with van der Waals surface area (Å²) >= 11 is 1.40. The number of urea groups is 1. The molecule has 3 aromatic rings. The molecule has 8 nitrogen and oxygen atoms in total. The maximum atomic E-state index is 13.7. The summed E-state index contributed by atoms with van der Waals surface area (Å²) in [5.74, 6) is -1.43. The molecule has 1 saturated heterocycles. The summed E-state index contributed by atoms with van der Waals surface area (Å²) in [5.41, 5.74) is 2.80. The number of hydrazine groups is 1. The third-order valence-corrected chi connectivity index (χ3v) is 7.00. The Morgan fingerprint density at radius 2 is 1.56 bits per heavy atom. The lowest BCUT2D eigenvalue weighted by molar-refractivity contribution is -0.131. The van der Waals surface area contributed by atoms with Crippen molar-refractivity contribution >= 4 is 41.2 Å². The van der Waals surface area contributed by atoms with Crippen molar-refractivity contribution in [2.24, 2.45) is 0 Å². The Kier molecular flexibility index (Phi) is 5.33. The molecule has 1 atom stereocenters. The van der Waals surface area contributed by atoms with Crippen LogP contribution in [-0.4, -0.2) is 34.0 Å². The van der Waals surface area contributed by atoms with Gasteiger partial charge in [0, 0.05) is 10.5 Å². The molecule has 3 aromatic carbocycles. The Morgan fingerprint density at radius 1 is 0.941 bits per heavy atom. The van der Waals surface area contributed by atoms with Gasteiger partial charge in [-0.3, -0.25) is 19.8 Å². The number of carbonyl (C=O) groups is 4. The van der Waals surface area contributed by atoms with Gasteiger partial charge in [0.2, 0.25) is 5.91 Å². The van der Waals surface area contributed by atoms with E-state index in [0.29, 0.717) is 21.8 Å². The zero-order valence-corrected chi connectivity index (χ0v) is 18.9. The van der Waals surface area contributed by atoms with Gasteiger partial charge < -0.3 is 10.6 Å². The van der Waals surface area contributed by atoms with Crippen LogP contribution in [0.4, 0.5) is 10.5 Å². The van der Waals surface area contributed by atoms with E-state index in [1.54, 1.807) is 67.6 Å². The summed E-state index contributed by atoms with van der Waals surface area (Å²) in [5, 5.41) is 6.02. The molecular weight excluding hydrogens is 452 g/mol. The molecule has 0 saturated carbocycles. The first-order valence-electron chi connectivity index (χ1n) is 10.6. The second-order valence-corrected chi connectivity index (χ2v) is 9.34. The first kappa shape index (κ1) is 21.7. The monoisotopic (exact) mass is 472 g/mol. The third kappa shape index (κ3) is 3.50. The van der Waals surface area contributed by atoms with Crippen LogP contribution >= 0.6 is 11.8 Å². The molecule has 34 heavy (non-hydrogen) atoms. The van der Waals surface area contributed by atoms with E-state index in [-0.39, 0.29) is 16.7 Å². The number of nitrogens with zero attached hydrogens (tertiary/aromatic N) is 1. The zero-order chi connectivity index (χ0) is 23.9. The van der Waals surface area contributed by atoms with Crippen molar-refractivity contribution in [3.8, 4) is 0 Å². The van der Waals surface area contributed by atoms with Crippen molar-refractivity contribution < 1.29 is 19.2 Å². The maximum absolute atomic E-state index is 13.7. The highest BCUT2D eigenvalue weighted by Crippen LogP contribution is 2.37. The minimum atomic E-state index is -1.48. The van der Waals surface area contributed by atoms with Crippen LogP contribution in [0.3, 0.4) is 0 Å². The van der Waals surface area contributed by atoms with Gasteiger partial charge in [0.1, 0.15) is 0 Å². The van der Waals surface area contributed by atoms with E-state index >= 15 is 0 Å². The highest BCUT2D eigenvalue weighted by atomic mass is 32.2. The van der Waals surface area contributed by atoms with Gasteiger partial charge in [-0.15, -0.1) is 11.8 Å². The molecule has 5 rings (SSSR count). The fraction of sp³-hybridized carbons (Fsp3) is 0.120. The number of nitrogens with one attached hydrogen (secondary N) is 3. The van der Waals surface area contributed by atoms with Gasteiger partial charge in [-0.2, -0.15) is 5.01 Å². The van der Waals surface area contributed by atoms with Crippen LogP contribution in [0.25, 0.3) is 0 Å². The summed E-state index contributed by atoms with van der Waals surface area (Å²) in [6, 6.07) is 21.9. The van der Waals surface area contributed by atoms with Gasteiger partial charge in [0.15, 0.2) is 5.54 Å². The summed E-state index contributed by atoms with van der Waals surface area (Å²) in [6.07, 6.45) is 0. The van der Waals surface area contributed by atoms with Crippen LogP contribution in [-0.2, 0) is 15.1 Å². The number of fused-ring (bicyclic) bond motifs is 1. The van der Waals surface area contributed by atoms with Gasteiger partial charge in [-0.1, -0.05) is 60.7 Å². The SMILES string of the molecule is C[C@@H]1Sc2ccc(C(=O)NN3C(=O)NC(c4ccccc4)(c4ccccc4)C3=O)cc2NC1=O. The van der Waals surface area contributed by atoms with E-state index in [4.69, 9.17) is 0 Å². The van der Waals surface area contributed by atoms with E-state index in [0.717, 1.165) is 4.90 Å². The highest BCUT2D eigenvalue weighted by molar-refractivity contribution is 8.00. The van der Waals surface area contributed by atoms with Gasteiger partial charge in [0.05, 0.1) is 10.9 Å². The predicted molar refractivity (Wildman–Crippen MR) is 127 cm³/mol. The Labute approximate surface area is 199 Å². The second-order valence-electron chi connectivity index (χ2n) is 7.95. The number of imide groups is 1. The highest BCUT2D eigenvalue weighted by Gasteiger charge is 2.54. The van der Waals surface area contributed by atoms with Gasteiger partial charge in [-0.05, 0) is 36.2 Å². The first-order chi connectivity index (χ1) is 16.4. The van der Waals surface area contributed by atoms with Crippen molar-refractivity contribution in [2.45, 2.75) is 22.6 Å². The van der Waals surface area contributed by atoms with E-state index in [1.807, 2.05) is 12.1 Å². The van der Waals surface area contributed by atoms with Crippen LogP contribution in [0.15, 0.2) is 83.8 Å². The standard InChI is InChI=1S/C25H20N4O4S/c1-15-21(30)26-19-14-16(12-13-20(19)34-15)22(31)28-29-23(32)25(27-24(29)33,17-8-4-2-5-9-17)18-10-6-3-7-11-18/h2-15H,1H3,(H,26,30)(H,27,33)(H,28,31)/t15-/m0/s1. The number of hydrogen-bond acceptors (Lipinski definition) is 5. The topological polar surface area (TPSA) is 108 Å². The number of anilines is 1. The van der Waals surface area contributed by atoms with Crippen molar-refractivity contribution in [1.82, 2.24) is 15.8 Å². The summed E-state index contributed by atoms with van der Waals surface area (Å²) in [6.45, 7) is 1.80. The third-order valence-electron chi connectivity index (χ3n) is 5.82. The second kappa shape index (κ2) is 8.35. The van der Waals surface area contributed by atoms with E-state index in [2.05, 4.69) is 16.1 Å². The Hall–Kier alpha value is -4.11. The molecule has 2 aliphatic rings. The number of benzene rings is 3. The van der Waals surface area contributed by atoms with Crippen LogP contribution in [0.5, 0.6) is 0 Å². The molecule has 0 radical (unpaired) electrons. The van der Waals surface area contributed by atoms with E-state index in [1.165, 1.54) is 17.8 Å². The average molecular weight is 473 g/mol. The molecule has 1 fully saturated rings. The summed E-state index contributed by atoms with van der Waals surface area (Å²) in [7, 11) is 0. The summed E-state index contributed by atoms with van der Waals surface area (Å²) in [4.78, 5) is 52.5. The smallest absolute Gasteiger partial charge is 0.324 e. The minimum Gasteiger partial charge on any atom is -0.324 e. The maximum Gasteiger partial charge on any atom is 0.344 e. The van der Waals surface area contributed by atoms with Crippen LogP contribution in [0.1, 0.15) is 28.4 Å². The van der Waals surface area contributed by atoms with Gasteiger partial charge in [0.25, 0.3) is 11.8 Å². The molecule has 0 aliphatic carbocycles. The number of carbonyl (C=O) groups excluding carboxylic acids is 4. The van der Waals surface area contributed by atoms with Crippen LogP contribution < -0.4 is 16.1 Å². The molecule has 170 valence electrons. The molecular formula is C25H20N4O4S. The summed E-state index contributed by atoms with van der Waals surface area (Å²) < 4.78 is 0. The zero-order valence-electron chi connectivity index (χ0n) is 18.1. The normalized spacial score (nSPS) is 18.7. The van der Waals surface area contributed by atoms with E-state index in [9.17, 15) is 19.2 Å². The number of amides is 5. The Bertz CT molecular complexity index is 1270. The molecule has 5 amide bonds. The number of rotatable bonds is 4. The number of hydrogen-bond donors (Lipinski definition) is 3. The molecule has 0 spiro atoms. The fourth-order valence-corrected chi connectivity index (χ4v) is 5.01. The molecule has 2 heterocycles. The van der Waals surface area contributed by atoms with Gasteiger partial charge >= 0.3 is 6.03 Å². The van der Waals surface area contributed by atoms with Crippen molar-refractivity contribution in [3.63, 3.8) is 0 Å². The molecule has 9 heteroatoms. The fourth-order valence-electron chi connectivity index (χ4n) is 4.08. The molecule has 0 aromatic heterocycles. The lowest BCUT2D eigenvalue weighted by Crippen LogP contribution is -2.49. The van der Waals surface area contributed by atoms with Crippen molar-refractivity contribution in [3.05, 3.63) is 95.6 Å². The van der Waals surface area contributed by atoms with Crippen LogP contribution in [0, 0.1) is 0 Å².